The van der Waals surface area contributed by atoms with Crippen molar-refractivity contribution in [1.82, 2.24) is 0 Å². The Morgan fingerprint density at radius 1 is 1.59 bits per heavy atom. The van der Waals surface area contributed by atoms with Crippen LogP contribution in [0.1, 0.15) is 31.4 Å². The number of hydrogen-bond donors (Lipinski definition) is 1. The van der Waals surface area contributed by atoms with Crippen LogP contribution in [0.5, 0.6) is 5.75 Å². The summed E-state index contributed by atoms with van der Waals surface area (Å²) in [6, 6.07) is 4.22. The van der Waals surface area contributed by atoms with Gasteiger partial charge in [-0.2, -0.15) is 0 Å². The summed E-state index contributed by atoms with van der Waals surface area (Å²) < 4.78 is 24.1. The Morgan fingerprint density at radius 2 is 2.35 bits per heavy atom. The fraction of sp³-hybridized carbons (Fsp3) is 0.538. The van der Waals surface area contributed by atoms with Crippen LogP contribution < -0.4 is 4.74 Å². The van der Waals surface area contributed by atoms with Gasteiger partial charge in [-0.25, -0.2) is 4.39 Å². The number of benzene rings is 1. The molecule has 0 aromatic heterocycles. The lowest BCUT2D eigenvalue weighted by molar-refractivity contribution is -0.0628. The molecule has 17 heavy (non-hydrogen) atoms. The minimum absolute atomic E-state index is 0.361. The van der Waals surface area contributed by atoms with Crippen molar-refractivity contribution in [2.75, 3.05) is 13.7 Å². The van der Waals surface area contributed by atoms with Crippen molar-refractivity contribution in [3.63, 3.8) is 0 Å². The molecule has 1 aromatic carbocycles. The predicted octanol–water partition coefficient (Wildman–Crippen LogP) is 2.44. The highest BCUT2D eigenvalue weighted by Crippen LogP contribution is 2.41. The van der Waals surface area contributed by atoms with Gasteiger partial charge in [0.1, 0.15) is 17.2 Å². The number of rotatable bonds is 3. The third-order valence-electron chi connectivity index (χ3n) is 3.28. The Labute approximate surface area is 100 Å². The first-order valence-corrected chi connectivity index (χ1v) is 5.76. The first-order valence-electron chi connectivity index (χ1n) is 5.76. The summed E-state index contributed by atoms with van der Waals surface area (Å²) in [4.78, 5) is 0. The van der Waals surface area contributed by atoms with Gasteiger partial charge >= 0.3 is 0 Å². The molecule has 1 heterocycles. The summed E-state index contributed by atoms with van der Waals surface area (Å²) in [6.07, 6.45) is 0.540. The molecule has 0 spiro atoms. The Morgan fingerprint density at radius 3 is 3.00 bits per heavy atom. The molecule has 1 aliphatic heterocycles. The van der Waals surface area contributed by atoms with Crippen molar-refractivity contribution in [3.8, 4) is 5.75 Å². The number of methoxy groups -OCH3 is 1. The predicted molar refractivity (Wildman–Crippen MR) is 61.5 cm³/mol. The second-order valence-electron chi connectivity index (χ2n) is 4.47. The number of hydrogen-bond acceptors (Lipinski definition) is 3. The molecule has 2 rings (SSSR count). The van der Waals surface area contributed by atoms with Crippen molar-refractivity contribution < 1.29 is 19.0 Å². The Balaban J connectivity index is 2.36. The molecule has 1 aliphatic rings. The average molecular weight is 240 g/mol. The van der Waals surface area contributed by atoms with Gasteiger partial charge in [-0.05, 0) is 18.6 Å². The summed E-state index contributed by atoms with van der Waals surface area (Å²) in [6.45, 7) is 2.35. The van der Waals surface area contributed by atoms with Crippen LogP contribution in [0.25, 0.3) is 0 Å². The topological polar surface area (TPSA) is 38.7 Å². The lowest BCUT2D eigenvalue weighted by atomic mass is 9.87. The quantitative estimate of drug-likeness (QED) is 0.882. The smallest absolute Gasteiger partial charge is 0.135 e. The molecule has 1 N–H and O–H groups in total. The summed E-state index contributed by atoms with van der Waals surface area (Å²) in [5.41, 5.74) is 0.0844. The van der Waals surface area contributed by atoms with E-state index in [1.54, 1.807) is 13.2 Å². The minimum atomic E-state index is -0.630. The third-order valence-corrected chi connectivity index (χ3v) is 3.28. The molecular weight excluding hydrogens is 223 g/mol. The minimum Gasteiger partial charge on any atom is -0.484 e. The number of ether oxygens (including phenoxy) is 2. The van der Waals surface area contributed by atoms with E-state index in [1.807, 2.05) is 6.92 Å². The molecule has 3 nitrogen and oxygen atoms in total. The maximum Gasteiger partial charge on any atom is 0.135 e. The van der Waals surface area contributed by atoms with Crippen LogP contribution in [0.4, 0.5) is 4.39 Å². The van der Waals surface area contributed by atoms with Crippen molar-refractivity contribution >= 4 is 0 Å². The van der Waals surface area contributed by atoms with Gasteiger partial charge in [0.15, 0.2) is 0 Å². The lowest BCUT2D eigenvalue weighted by Gasteiger charge is -2.39. The van der Waals surface area contributed by atoms with Crippen molar-refractivity contribution in [3.05, 3.63) is 29.6 Å². The van der Waals surface area contributed by atoms with Crippen LogP contribution in [0.2, 0.25) is 0 Å². The molecule has 94 valence electrons. The van der Waals surface area contributed by atoms with Gasteiger partial charge in [-0.15, -0.1) is 0 Å². The Kier molecular flexibility index (Phi) is 3.35. The Bertz CT molecular complexity index is 408. The molecule has 1 unspecified atom stereocenters. The maximum absolute atomic E-state index is 13.2. The standard InChI is InChI=1S/C13H17FO3/c1-3-13(8-16-2)7-11(15)10-5-4-9(14)6-12(10)17-13/h4-6,11,15H,3,7-8H2,1-2H3/t11-,13?/m0/s1. The molecule has 1 aromatic rings. The number of aliphatic hydroxyl groups is 1. The van der Waals surface area contributed by atoms with Gasteiger partial charge in [-0.1, -0.05) is 6.92 Å². The molecule has 0 bridgehead atoms. The molecular formula is C13H17FO3. The fourth-order valence-corrected chi connectivity index (χ4v) is 2.28. The normalized spacial score (nSPS) is 27.4. The summed E-state index contributed by atoms with van der Waals surface area (Å²) in [5, 5.41) is 10.1. The highest BCUT2D eigenvalue weighted by atomic mass is 19.1. The van der Waals surface area contributed by atoms with E-state index in [-0.39, 0.29) is 5.82 Å². The van der Waals surface area contributed by atoms with Crippen LogP contribution in [0.15, 0.2) is 18.2 Å². The molecule has 4 heteroatoms. The fourth-order valence-electron chi connectivity index (χ4n) is 2.28. The SMILES string of the molecule is CCC1(COC)C[C@H](O)c2ccc(F)cc2O1. The first-order chi connectivity index (χ1) is 8.10. The number of halogens is 1. The van der Waals surface area contributed by atoms with Gasteiger partial charge in [0.05, 0.1) is 12.7 Å². The zero-order chi connectivity index (χ0) is 12.5. The van der Waals surface area contributed by atoms with E-state index in [1.165, 1.54) is 12.1 Å². The van der Waals surface area contributed by atoms with Gasteiger partial charge < -0.3 is 14.6 Å². The summed E-state index contributed by atoms with van der Waals surface area (Å²) in [7, 11) is 1.59. The molecule has 0 saturated carbocycles. The monoisotopic (exact) mass is 240 g/mol. The zero-order valence-electron chi connectivity index (χ0n) is 10.1. The highest BCUT2D eigenvalue weighted by Gasteiger charge is 2.39. The van der Waals surface area contributed by atoms with E-state index in [9.17, 15) is 9.50 Å². The third kappa shape index (κ3) is 2.28. The van der Waals surface area contributed by atoms with E-state index in [4.69, 9.17) is 9.47 Å². The van der Waals surface area contributed by atoms with Crippen molar-refractivity contribution in [1.29, 1.82) is 0 Å². The van der Waals surface area contributed by atoms with E-state index in [2.05, 4.69) is 0 Å². The van der Waals surface area contributed by atoms with Crippen LogP contribution in [0, 0.1) is 5.82 Å². The van der Waals surface area contributed by atoms with Gasteiger partial charge in [0, 0.05) is 25.2 Å². The van der Waals surface area contributed by atoms with Crippen LogP contribution in [-0.2, 0) is 4.74 Å². The number of aliphatic hydroxyl groups excluding tert-OH is 1. The van der Waals surface area contributed by atoms with E-state index in [0.29, 0.717) is 30.8 Å². The van der Waals surface area contributed by atoms with Crippen molar-refractivity contribution in [2.24, 2.45) is 0 Å². The zero-order valence-corrected chi connectivity index (χ0v) is 10.1. The van der Waals surface area contributed by atoms with E-state index >= 15 is 0 Å². The maximum atomic E-state index is 13.2. The molecule has 0 aliphatic carbocycles. The Hall–Kier alpha value is -1.13. The van der Waals surface area contributed by atoms with Crippen LogP contribution in [0.3, 0.4) is 0 Å². The average Bonchev–Trinajstić information content (AvgIpc) is 2.28. The summed E-state index contributed by atoms with van der Waals surface area (Å²) >= 11 is 0. The van der Waals surface area contributed by atoms with E-state index < -0.39 is 11.7 Å². The number of fused-ring (bicyclic) bond motifs is 1. The molecule has 2 atom stereocenters. The van der Waals surface area contributed by atoms with Gasteiger partial charge in [0.2, 0.25) is 0 Å². The lowest BCUT2D eigenvalue weighted by Crippen LogP contribution is -2.44. The summed E-state index contributed by atoms with van der Waals surface area (Å²) in [5.74, 6) is 0.0583. The largest absolute Gasteiger partial charge is 0.484 e. The second-order valence-corrected chi connectivity index (χ2v) is 4.47. The van der Waals surface area contributed by atoms with Crippen LogP contribution in [-0.4, -0.2) is 24.4 Å². The van der Waals surface area contributed by atoms with Gasteiger partial charge in [-0.3, -0.25) is 0 Å². The van der Waals surface area contributed by atoms with Crippen molar-refractivity contribution in [2.45, 2.75) is 31.5 Å². The second kappa shape index (κ2) is 4.63. The molecule has 0 radical (unpaired) electrons. The molecule has 0 saturated heterocycles. The van der Waals surface area contributed by atoms with Crippen LogP contribution >= 0.6 is 0 Å². The molecule has 0 amide bonds. The van der Waals surface area contributed by atoms with E-state index in [0.717, 1.165) is 0 Å². The highest BCUT2D eigenvalue weighted by molar-refractivity contribution is 5.38. The van der Waals surface area contributed by atoms with Gasteiger partial charge in [0.25, 0.3) is 0 Å². The molecule has 0 fully saturated rings. The first kappa shape index (κ1) is 12.3.